The van der Waals surface area contributed by atoms with E-state index in [0.717, 1.165) is 0 Å². The van der Waals surface area contributed by atoms with Crippen molar-refractivity contribution in [2.24, 2.45) is 0 Å². The van der Waals surface area contributed by atoms with Gasteiger partial charge in [0.2, 0.25) is 0 Å². The first-order valence-electron chi connectivity index (χ1n) is 4.46. The molecule has 0 unspecified atom stereocenters. The summed E-state index contributed by atoms with van der Waals surface area (Å²) in [7, 11) is 0. The van der Waals surface area contributed by atoms with E-state index in [0.29, 0.717) is 5.57 Å². The van der Waals surface area contributed by atoms with Crippen LogP contribution in [-0.4, -0.2) is 11.1 Å². The summed E-state index contributed by atoms with van der Waals surface area (Å²) in [5, 5.41) is 17.2. The molecule has 0 rings (SSSR count). The summed E-state index contributed by atoms with van der Waals surface area (Å²) in [5.41, 5.74) is 0.401. The third-order valence-corrected chi connectivity index (χ3v) is 1.50. The number of carbonyl (C=O) groups is 1. The quantitative estimate of drug-likeness (QED) is 0.434. The van der Waals surface area contributed by atoms with Crippen LogP contribution < -0.4 is 0 Å². The van der Waals surface area contributed by atoms with Gasteiger partial charge in [-0.1, -0.05) is 30.4 Å². The zero-order valence-electron chi connectivity index (χ0n) is 8.77. The van der Waals surface area contributed by atoms with Gasteiger partial charge in [0.25, 0.3) is 0 Å². The molecule has 0 bridgehead atoms. The van der Waals surface area contributed by atoms with Gasteiger partial charge >= 0.3 is 5.97 Å². The lowest BCUT2D eigenvalue weighted by Crippen LogP contribution is -1.97. The molecule has 0 aromatic heterocycles. The monoisotopic (exact) mass is 203 g/mol. The minimum atomic E-state index is -1.21. The van der Waals surface area contributed by atoms with Gasteiger partial charge in [-0.25, -0.2) is 4.79 Å². The molecule has 0 radical (unpaired) electrons. The number of rotatable bonds is 4. The smallest absolute Gasteiger partial charge is 0.346 e. The molecule has 0 aromatic rings. The van der Waals surface area contributed by atoms with Crippen LogP contribution in [0.1, 0.15) is 13.8 Å². The Hall–Kier alpha value is -2.08. The predicted molar refractivity (Wildman–Crippen MR) is 59.0 cm³/mol. The highest BCUT2D eigenvalue weighted by molar-refractivity contribution is 5.91. The van der Waals surface area contributed by atoms with Crippen molar-refractivity contribution < 1.29 is 9.90 Å². The second-order valence-corrected chi connectivity index (χ2v) is 2.67. The van der Waals surface area contributed by atoms with Crippen LogP contribution in [0.25, 0.3) is 0 Å². The Bertz CT molecular complexity index is 379. The van der Waals surface area contributed by atoms with Gasteiger partial charge in [0.15, 0.2) is 0 Å². The van der Waals surface area contributed by atoms with Crippen LogP contribution in [0.4, 0.5) is 0 Å². The second-order valence-electron chi connectivity index (χ2n) is 2.67. The fourth-order valence-corrected chi connectivity index (χ4v) is 0.860. The van der Waals surface area contributed by atoms with Crippen molar-refractivity contribution in [1.29, 1.82) is 5.26 Å². The molecule has 3 heteroatoms. The summed E-state index contributed by atoms with van der Waals surface area (Å²) >= 11 is 0. The zero-order valence-corrected chi connectivity index (χ0v) is 8.77. The molecule has 0 aliphatic rings. The molecule has 0 aromatic carbocycles. The van der Waals surface area contributed by atoms with Crippen molar-refractivity contribution in [2.75, 3.05) is 0 Å². The highest BCUT2D eigenvalue weighted by Gasteiger charge is 2.04. The molecule has 0 atom stereocenters. The van der Waals surface area contributed by atoms with E-state index in [1.807, 2.05) is 19.9 Å². The molecule has 0 aliphatic carbocycles. The number of allylic oxidation sites excluding steroid dienone is 7. The molecule has 0 saturated carbocycles. The molecule has 0 heterocycles. The minimum absolute atomic E-state index is 0.274. The Kier molecular flexibility index (Phi) is 6.32. The summed E-state index contributed by atoms with van der Waals surface area (Å²) in [5.74, 6) is -1.21. The third kappa shape index (κ3) is 5.27. The van der Waals surface area contributed by atoms with E-state index in [1.54, 1.807) is 30.4 Å². The highest BCUT2D eigenvalue weighted by Crippen LogP contribution is 2.05. The maximum absolute atomic E-state index is 10.6. The van der Waals surface area contributed by atoms with Gasteiger partial charge < -0.3 is 5.11 Å². The van der Waals surface area contributed by atoms with Crippen LogP contribution in [0.2, 0.25) is 0 Å². The van der Waals surface area contributed by atoms with Gasteiger partial charge in [-0.3, -0.25) is 0 Å². The van der Waals surface area contributed by atoms with E-state index in [-0.39, 0.29) is 5.57 Å². The largest absolute Gasteiger partial charge is 0.477 e. The first-order valence-corrected chi connectivity index (χ1v) is 4.46. The van der Waals surface area contributed by atoms with Crippen molar-refractivity contribution in [3.63, 3.8) is 0 Å². The van der Waals surface area contributed by atoms with E-state index < -0.39 is 5.97 Å². The molecular formula is C12H13NO2. The zero-order chi connectivity index (χ0) is 11.7. The van der Waals surface area contributed by atoms with E-state index >= 15 is 0 Å². The molecule has 0 aliphatic heterocycles. The first kappa shape index (κ1) is 12.9. The number of carboxylic acids is 1. The molecule has 0 spiro atoms. The topological polar surface area (TPSA) is 61.1 Å². The van der Waals surface area contributed by atoms with E-state index in [2.05, 4.69) is 0 Å². The lowest BCUT2D eigenvalue weighted by atomic mass is 10.1. The lowest BCUT2D eigenvalue weighted by Gasteiger charge is -1.93. The first-order chi connectivity index (χ1) is 7.15. The lowest BCUT2D eigenvalue weighted by molar-refractivity contribution is -0.132. The Balaban J connectivity index is 5.13. The third-order valence-electron chi connectivity index (χ3n) is 1.50. The summed E-state index contributed by atoms with van der Waals surface area (Å²) in [6.07, 6.45) is 10.2. The van der Waals surface area contributed by atoms with Crippen LogP contribution in [-0.2, 0) is 4.79 Å². The van der Waals surface area contributed by atoms with Gasteiger partial charge in [0, 0.05) is 0 Å². The van der Waals surface area contributed by atoms with Crippen LogP contribution in [0.3, 0.4) is 0 Å². The molecule has 0 saturated heterocycles. The number of hydrogen-bond acceptors (Lipinski definition) is 2. The Morgan fingerprint density at radius 1 is 1.33 bits per heavy atom. The fourth-order valence-electron chi connectivity index (χ4n) is 0.860. The van der Waals surface area contributed by atoms with Crippen molar-refractivity contribution in [2.45, 2.75) is 13.8 Å². The van der Waals surface area contributed by atoms with Crippen LogP contribution in [0, 0.1) is 11.3 Å². The number of nitrogens with zero attached hydrogens (tertiary/aromatic N) is 1. The van der Waals surface area contributed by atoms with E-state index in [9.17, 15) is 4.79 Å². The minimum Gasteiger partial charge on any atom is -0.477 e. The number of hydrogen-bond donors (Lipinski definition) is 1. The predicted octanol–water partition coefficient (Wildman–Crippen LogP) is 2.60. The van der Waals surface area contributed by atoms with Gasteiger partial charge in [0.1, 0.15) is 11.6 Å². The molecule has 78 valence electrons. The van der Waals surface area contributed by atoms with Crippen LogP contribution >= 0.6 is 0 Å². The Labute approximate surface area is 89.3 Å². The average Bonchev–Trinajstić information content (AvgIpc) is 2.21. The normalized spacial score (nSPS) is 13.4. The van der Waals surface area contributed by atoms with Crippen LogP contribution in [0.15, 0.2) is 47.6 Å². The summed E-state index contributed by atoms with van der Waals surface area (Å²) in [4.78, 5) is 10.6. The maximum atomic E-state index is 10.6. The van der Waals surface area contributed by atoms with Crippen molar-refractivity contribution in [1.82, 2.24) is 0 Å². The Morgan fingerprint density at radius 2 is 2.00 bits per heavy atom. The van der Waals surface area contributed by atoms with E-state index in [1.165, 1.54) is 6.08 Å². The molecule has 0 fully saturated rings. The standard InChI is InChI=1S/C12H13NO2/c1-3-5-7-10(6-4-2)8-11(9-13)12(14)15/h3-8H,1-2H3,(H,14,15)/b5-3-,6-4-,10-7+,11-8+. The van der Waals surface area contributed by atoms with Crippen molar-refractivity contribution >= 4 is 5.97 Å². The number of aliphatic carboxylic acids is 1. The number of nitriles is 1. The van der Waals surface area contributed by atoms with Gasteiger partial charge in [-0.05, 0) is 25.5 Å². The molecular weight excluding hydrogens is 190 g/mol. The van der Waals surface area contributed by atoms with Gasteiger partial charge in [0.05, 0.1) is 0 Å². The molecule has 1 N–H and O–H groups in total. The Morgan fingerprint density at radius 3 is 2.40 bits per heavy atom. The second kappa shape index (κ2) is 7.34. The highest BCUT2D eigenvalue weighted by atomic mass is 16.4. The van der Waals surface area contributed by atoms with E-state index in [4.69, 9.17) is 10.4 Å². The fraction of sp³-hybridized carbons (Fsp3) is 0.167. The van der Waals surface area contributed by atoms with Gasteiger partial charge in [-0.15, -0.1) is 0 Å². The summed E-state index contributed by atoms with van der Waals surface area (Å²) in [6, 6.07) is 1.63. The van der Waals surface area contributed by atoms with Gasteiger partial charge in [-0.2, -0.15) is 5.26 Å². The van der Waals surface area contributed by atoms with Crippen molar-refractivity contribution in [3.05, 3.63) is 47.6 Å². The maximum Gasteiger partial charge on any atom is 0.346 e. The van der Waals surface area contributed by atoms with Crippen LogP contribution in [0.5, 0.6) is 0 Å². The summed E-state index contributed by atoms with van der Waals surface area (Å²) < 4.78 is 0. The molecule has 3 nitrogen and oxygen atoms in total. The number of carboxylic acid groups (broad SMARTS) is 1. The molecule has 0 amide bonds. The average molecular weight is 203 g/mol. The molecule has 15 heavy (non-hydrogen) atoms. The summed E-state index contributed by atoms with van der Waals surface area (Å²) in [6.45, 7) is 3.68. The van der Waals surface area contributed by atoms with Crippen molar-refractivity contribution in [3.8, 4) is 6.07 Å². The SMILES string of the molecule is C\C=C/C=C(\C=C/C)/C=C(\C#N)C(=O)O.